The molecule has 1 fully saturated rings. The van der Waals surface area contributed by atoms with Crippen LogP contribution in [0.2, 0.25) is 0 Å². The molecule has 1 saturated carbocycles. The minimum absolute atomic E-state index is 0.398. The van der Waals surface area contributed by atoms with Gasteiger partial charge in [-0.05, 0) is 65.5 Å². The molecular formula is C16H33N3O2. The van der Waals surface area contributed by atoms with Gasteiger partial charge in [0.25, 0.3) is 0 Å². The molecule has 1 aliphatic carbocycles. The van der Waals surface area contributed by atoms with Crippen LogP contribution in [0.3, 0.4) is 0 Å². The van der Waals surface area contributed by atoms with Gasteiger partial charge in [0.15, 0.2) is 0 Å². The van der Waals surface area contributed by atoms with Gasteiger partial charge in [-0.1, -0.05) is 20.8 Å². The third-order valence-corrected chi connectivity index (χ3v) is 5.11. The summed E-state index contributed by atoms with van der Waals surface area (Å²) in [4.78, 5) is 16.4. The van der Waals surface area contributed by atoms with Gasteiger partial charge < -0.3 is 20.2 Å². The molecule has 0 radical (unpaired) electrons. The van der Waals surface area contributed by atoms with Crippen molar-refractivity contribution in [1.82, 2.24) is 15.1 Å². The fraction of sp³-hybridized carbons (Fsp3) is 0.938. The molecule has 0 saturated heterocycles. The molecule has 0 heterocycles. The molecule has 5 heteroatoms. The van der Waals surface area contributed by atoms with Crippen molar-refractivity contribution in [1.29, 1.82) is 0 Å². The summed E-state index contributed by atoms with van der Waals surface area (Å²) >= 11 is 0. The number of likely N-dealkylation sites (N-methyl/N-ethyl adjacent to an activating group) is 1. The van der Waals surface area contributed by atoms with Crippen molar-refractivity contribution in [3.05, 3.63) is 0 Å². The first-order valence-electron chi connectivity index (χ1n) is 8.41. The highest BCUT2D eigenvalue weighted by atomic mass is 16.4. The normalized spacial score (nSPS) is 25.9. The average molecular weight is 299 g/mol. The number of carboxylic acids is 1. The van der Waals surface area contributed by atoms with Gasteiger partial charge in [0.05, 0.1) is 0 Å². The predicted octanol–water partition coefficient (Wildman–Crippen LogP) is 1.64. The second kappa shape index (κ2) is 8.71. The molecule has 0 aromatic rings. The molecule has 0 bridgehead atoms. The zero-order valence-electron chi connectivity index (χ0n) is 14.2. The number of rotatable bonds is 10. The molecular weight excluding hydrogens is 266 g/mol. The predicted molar refractivity (Wildman–Crippen MR) is 86.7 cm³/mol. The van der Waals surface area contributed by atoms with E-state index in [1.165, 1.54) is 0 Å². The van der Waals surface area contributed by atoms with Crippen LogP contribution in [0.25, 0.3) is 0 Å². The molecule has 0 aromatic heterocycles. The third kappa shape index (κ3) is 4.66. The largest absolute Gasteiger partial charge is 0.480 e. The molecule has 1 aliphatic rings. The summed E-state index contributed by atoms with van der Waals surface area (Å²) in [6, 6.07) is 0.398. The second-order valence-corrected chi connectivity index (χ2v) is 6.04. The maximum Gasteiger partial charge on any atom is 0.323 e. The number of nitrogens with one attached hydrogen (secondary N) is 1. The molecule has 2 N–H and O–H groups in total. The number of hydrogen-bond donors (Lipinski definition) is 2. The van der Waals surface area contributed by atoms with Crippen LogP contribution >= 0.6 is 0 Å². The van der Waals surface area contributed by atoms with E-state index >= 15 is 0 Å². The van der Waals surface area contributed by atoms with Crippen molar-refractivity contribution in [2.24, 2.45) is 0 Å². The first-order chi connectivity index (χ1) is 10.0. The lowest BCUT2D eigenvalue weighted by Crippen LogP contribution is -2.49. The molecule has 0 aliphatic heterocycles. The first kappa shape index (κ1) is 18.4. The van der Waals surface area contributed by atoms with Crippen molar-refractivity contribution in [3.8, 4) is 0 Å². The monoisotopic (exact) mass is 299 g/mol. The van der Waals surface area contributed by atoms with Crippen LogP contribution in [0.4, 0.5) is 0 Å². The van der Waals surface area contributed by atoms with Crippen molar-refractivity contribution < 1.29 is 9.90 Å². The van der Waals surface area contributed by atoms with Crippen LogP contribution in [0.15, 0.2) is 0 Å². The van der Waals surface area contributed by atoms with E-state index in [2.05, 4.69) is 35.9 Å². The van der Waals surface area contributed by atoms with Gasteiger partial charge >= 0.3 is 5.97 Å². The first-order valence-corrected chi connectivity index (χ1v) is 8.41. The maximum atomic E-state index is 11.5. The number of carboxylic acid groups (broad SMARTS) is 1. The van der Waals surface area contributed by atoms with E-state index in [0.717, 1.165) is 58.4 Å². The summed E-state index contributed by atoms with van der Waals surface area (Å²) in [5.41, 5.74) is -0.711. The molecule has 5 nitrogen and oxygen atoms in total. The third-order valence-electron chi connectivity index (χ3n) is 5.11. The van der Waals surface area contributed by atoms with E-state index in [4.69, 9.17) is 0 Å². The average Bonchev–Trinajstić information content (AvgIpc) is 2.93. The van der Waals surface area contributed by atoms with Crippen molar-refractivity contribution >= 4 is 5.97 Å². The van der Waals surface area contributed by atoms with Gasteiger partial charge in [-0.2, -0.15) is 0 Å². The van der Waals surface area contributed by atoms with Crippen LogP contribution in [-0.2, 0) is 4.79 Å². The van der Waals surface area contributed by atoms with Crippen molar-refractivity contribution in [3.63, 3.8) is 0 Å². The van der Waals surface area contributed by atoms with Crippen LogP contribution in [0.5, 0.6) is 0 Å². The molecule has 2 atom stereocenters. The number of carbonyl (C=O) groups is 1. The van der Waals surface area contributed by atoms with Gasteiger partial charge in [0, 0.05) is 6.04 Å². The van der Waals surface area contributed by atoms with Crippen molar-refractivity contribution in [2.45, 2.75) is 58.0 Å². The van der Waals surface area contributed by atoms with Crippen LogP contribution in [-0.4, -0.2) is 72.2 Å². The Morgan fingerprint density at radius 2 is 1.90 bits per heavy atom. The number of nitrogens with zero attached hydrogens (tertiary/aromatic N) is 2. The van der Waals surface area contributed by atoms with Crippen LogP contribution < -0.4 is 5.32 Å². The lowest BCUT2D eigenvalue weighted by Gasteiger charge is -2.30. The topological polar surface area (TPSA) is 55.8 Å². The number of aliphatic carboxylic acids is 1. The molecule has 2 unspecified atom stereocenters. The molecule has 0 spiro atoms. The summed E-state index contributed by atoms with van der Waals surface area (Å²) in [5, 5.41) is 12.5. The summed E-state index contributed by atoms with van der Waals surface area (Å²) in [6.07, 6.45) is 3.59. The molecule has 1 rings (SSSR count). The Morgan fingerprint density at radius 3 is 2.33 bits per heavy atom. The fourth-order valence-electron chi connectivity index (χ4n) is 3.50. The van der Waals surface area contributed by atoms with E-state index in [0.29, 0.717) is 6.04 Å². The molecule has 124 valence electrons. The van der Waals surface area contributed by atoms with E-state index in [1.54, 1.807) is 7.05 Å². The van der Waals surface area contributed by atoms with E-state index in [9.17, 15) is 9.90 Å². The van der Waals surface area contributed by atoms with E-state index in [-0.39, 0.29) is 0 Å². The zero-order chi connectivity index (χ0) is 15.9. The Morgan fingerprint density at radius 1 is 1.24 bits per heavy atom. The molecule has 0 aromatic carbocycles. The summed E-state index contributed by atoms with van der Waals surface area (Å²) in [6.45, 7) is 12.0. The summed E-state index contributed by atoms with van der Waals surface area (Å²) in [5.74, 6) is -0.702. The summed E-state index contributed by atoms with van der Waals surface area (Å²) < 4.78 is 0. The Labute approximate surface area is 129 Å². The zero-order valence-corrected chi connectivity index (χ0v) is 14.2. The quantitative estimate of drug-likeness (QED) is 0.642. The minimum Gasteiger partial charge on any atom is -0.480 e. The highest BCUT2D eigenvalue weighted by Crippen LogP contribution is 2.33. The Kier molecular flexibility index (Phi) is 7.63. The minimum atomic E-state index is -0.711. The fourth-order valence-corrected chi connectivity index (χ4v) is 3.50. The Hall–Kier alpha value is -0.650. The summed E-state index contributed by atoms with van der Waals surface area (Å²) in [7, 11) is 1.77. The standard InChI is InChI=1S/C16H33N3O2/c1-5-18(6-2)11-8-12-19(7-3)14-9-10-16(13-14,17-4)15(20)21/h14,17H,5-13H2,1-4H3,(H,20,21). The molecule has 0 amide bonds. The SMILES string of the molecule is CCN(CC)CCCN(CC)C1CCC(NC)(C(=O)O)C1. The number of hydrogen-bond acceptors (Lipinski definition) is 4. The van der Waals surface area contributed by atoms with E-state index < -0.39 is 11.5 Å². The lowest BCUT2D eigenvalue weighted by molar-refractivity contribution is -0.144. The smallest absolute Gasteiger partial charge is 0.323 e. The van der Waals surface area contributed by atoms with Gasteiger partial charge in [-0.25, -0.2) is 0 Å². The van der Waals surface area contributed by atoms with Crippen LogP contribution in [0.1, 0.15) is 46.5 Å². The van der Waals surface area contributed by atoms with E-state index in [1.807, 2.05) is 0 Å². The highest BCUT2D eigenvalue weighted by molar-refractivity contribution is 5.79. The van der Waals surface area contributed by atoms with Crippen molar-refractivity contribution in [2.75, 3.05) is 39.8 Å². The Balaban J connectivity index is 2.48. The van der Waals surface area contributed by atoms with Gasteiger partial charge in [-0.15, -0.1) is 0 Å². The second-order valence-electron chi connectivity index (χ2n) is 6.04. The van der Waals surface area contributed by atoms with Crippen LogP contribution in [0, 0.1) is 0 Å². The van der Waals surface area contributed by atoms with Gasteiger partial charge in [0.1, 0.15) is 5.54 Å². The Bertz CT molecular complexity index is 321. The lowest BCUT2D eigenvalue weighted by atomic mass is 9.98. The highest BCUT2D eigenvalue weighted by Gasteiger charge is 2.45. The van der Waals surface area contributed by atoms with Gasteiger partial charge in [0.2, 0.25) is 0 Å². The van der Waals surface area contributed by atoms with Gasteiger partial charge in [-0.3, -0.25) is 4.79 Å². The maximum absolute atomic E-state index is 11.5. The molecule has 21 heavy (non-hydrogen) atoms.